The smallest absolute Gasteiger partial charge is 0.270 e. The van der Waals surface area contributed by atoms with E-state index >= 15 is 0 Å². The largest absolute Gasteiger partial charge is 0.348 e. The highest BCUT2D eigenvalue weighted by Crippen LogP contribution is 2.11. The highest BCUT2D eigenvalue weighted by Gasteiger charge is 2.21. The lowest BCUT2D eigenvalue weighted by atomic mass is 10.0. The molecule has 0 spiro atoms. The number of amides is 1. The summed E-state index contributed by atoms with van der Waals surface area (Å²) in [6.45, 7) is 5.94. The molecule has 7 heteroatoms. The maximum absolute atomic E-state index is 12.1. The predicted octanol–water partition coefficient (Wildman–Crippen LogP) is 0.876. The molecule has 0 radical (unpaired) electrons. The van der Waals surface area contributed by atoms with Crippen molar-refractivity contribution < 1.29 is 4.79 Å². The van der Waals surface area contributed by atoms with E-state index in [-0.39, 0.29) is 11.9 Å². The molecule has 0 unspecified atom stereocenters. The van der Waals surface area contributed by atoms with Gasteiger partial charge in [0.1, 0.15) is 12.0 Å². The highest BCUT2D eigenvalue weighted by atomic mass is 16.1. The molecule has 3 heterocycles. The highest BCUT2D eigenvalue weighted by molar-refractivity contribution is 5.92. The number of hydrogen-bond donors (Lipinski definition) is 1. The summed E-state index contributed by atoms with van der Waals surface area (Å²) in [6.07, 6.45) is 8.86. The molecule has 1 aliphatic heterocycles. The summed E-state index contributed by atoms with van der Waals surface area (Å²) in [4.78, 5) is 22.3. The van der Waals surface area contributed by atoms with Gasteiger partial charge in [0.15, 0.2) is 0 Å². The Hall–Kier alpha value is -2.28. The minimum absolute atomic E-state index is 0.113. The van der Waals surface area contributed by atoms with Crippen LogP contribution in [0.15, 0.2) is 31.0 Å². The Kier molecular flexibility index (Phi) is 4.97. The summed E-state index contributed by atoms with van der Waals surface area (Å²) in [7, 11) is 0. The van der Waals surface area contributed by atoms with Crippen LogP contribution in [-0.4, -0.2) is 56.2 Å². The summed E-state index contributed by atoms with van der Waals surface area (Å²) < 4.78 is 1.98. The van der Waals surface area contributed by atoms with Crippen molar-refractivity contribution in [3.05, 3.63) is 42.2 Å². The zero-order valence-corrected chi connectivity index (χ0v) is 13.4. The molecule has 1 fully saturated rings. The summed E-state index contributed by atoms with van der Waals surface area (Å²) in [5.41, 5.74) is 1.62. The number of carbonyl (C=O) groups is 1. The molecule has 7 nitrogen and oxygen atoms in total. The number of rotatable bonds is 5. The second-order valence-corrected chi connectivity index (χ2v) is 5.96. The standard InChI is InChI=1S/C16H22N6O/c1-13-10-19-22(11-13)9-8-21-6-3-14(4-7-21)20-16(23)15-2-5-17-12-18-15/h2,5,10-12,14H,3-4,6-9H2,1H3,(H,20,23). The topological polar surface area (TPSA) is 75.9 Å². The summed E-state index contributed by atoms with van der Waals surface area (Å²) in [5, 5.41) is 7.37. The number of aromatic nitrogens is 4. The van der Waals surface area contributed by atoms with Gasteiger partial charge in [0.05, 0.1) is 12.7 Å². The van der Waals surface area contributed by atoms with Gasteiger partial charge in [-0.1, -0.05) is 0 Å². The molecule has 0 atom stereocenters. The molecule has 122 valence electrons. The zero-order valence-electron chi connectivity index (χ0n) is 13.4. The molecule has 0 saturated carbocycles. The van der Waals surface area contributed by atoms with Gasteiger partial charge in [-0.25, -0.2) is 9.97 Å². The van der Waals surface area contributed by atoms with Crippen LogP contribution in [0.1, 0.15) is 28.9 Å². The monoisotopic (exact) mass is 314 g/mol. The van der Waals surface area contributed by atoms with Crippen molar-refractivity contribution in [2.24, 2.45) is 0 Å². The van der Waals surface area contributed by atoms with E-state index in [1.807, 2.05) is 10.9 Å². The molecule has 0 bridgehead atoms. The Balaban J connectivity index is 1.41. The van der Waals surface area contributed by atoms with E-state index in [1.54, 1.807) is 12.3 Å². The fourth-order valence-electron chi connectivity index (χ4n) is 2.82. The van der Waals surface area contributed by atoms with Gasteiger partial charge < -0.3 is 10.2 Å². The van der Waals surface area contributed by atoms with Crippen LogP contribution in [0.5, 0.6) is 0 Å². The molecule has 0 aromatic carbocycles. The Morgan fingerprint density at radius 3 is 2.83 bits per heavy atom. The average Bonchev–Trinajstić information content (AvgIpc) is 3.00. The van der Waals surface area contributed by atoms with Gasteiger partial charge in [0.25, 0.3) is 5.91 Å². The number of likely N-dealkylation sites (tertiary alicyclic amines) is 1. The molecule has 3 rings (SSSR count). The molecule has 1 aliphatic rings. The molecule has 1 saturated heterocycles. The Bertz CT molecular complexity index is 633. The quantitative estimate of drug-likeness (QED) is 0.886. The molecule has 2 aromatic rings. The van der Waals surface area contributed by atoms with Gasteiger partial charge in [-0.3, -0.25) is 9.48 Å². The number of piperidine rings is 1. The third kappa shape index (κ3) is 4.35. The summed E-state index contributed by atoms with van der Waals surface area (Å²) in [6, 6.07) is 1.86. The first-order chi connectivity index (χ1) is 11.2. The fourth-order valence-corrected chi connectivity index (χ4v) is 2.82. The first kappa shape index (κ1) is 15.6. The molecule has 23 heavy (non-hydrogen) atoms. The van der Waals surface area contributed by atoms with Crippen molar-refractivity contribution >= 4 is 5.91 Å². The van der Waals surface area contributed by atoms with E-state index in [0.29, 0.717) is 5.69 Å². The van der Waals surface area contributed by atoms with E-state index in [4.69, 9.17) is 0 Å². The van der Waals surface area contributed by atoms with Crippen molar-refractivity contribution in [1.29, 1.82) is 0 Å². The van der Waals surface area contributed by atoms with Gasteiger partial charge in [-0.15, -0.1) is 0 Å². The van der Waals surface area contributed by atoms with E-state index < -0.39 is 0 Å². The van der Waals surface area contributed by atoms with Gasteiger partial charge in [0, 0.05) is 38.1 Å². The van der Waals surface area contributed by atoms with E-state index in [9.17, 15) is 4.79 Å². The number of hydrogen-bond acceptors (Lipinski definition) is 5. The fraction of sp³-hybridized carbons (Fsp3) is 0.500. The van der Waals surface area contributed by atoms with Gasteiger partial charge in [0.2, 0.25) is 0 Å². The van der Waals surface area contributed by atoms with Crippen LogP contribution < -0.4 is 5.32 Å². The average molecular weight is 314 g/mol. The van der Waals surface area contributed by atoms with E-state index in [2.05, 4.69) is 38.4 Å². The van der Waals surface area contributed by atoms with Crippen LogP contribution in [-0.2, 0) is 6.54 Å². The first-order valence-corrected chi connectivity index (χ1v) is 7.99. The van der Waals surface area contributed by atoms with Gasteiger partial charge in [-0.2, -0.15) is 5.10 Å². The zero-order chi connectivity index (χ0) is 16.1. The Morgan fingerprint density at radius 1 is 1.35 bits per heavy atom. The number of carbonyl (C=O) groups excluding carboxylic acids is 1. The lowest BCUT2D eigenvalue weighted by Gasteiger charge is -2.32. The molecule has 1 N–H and O–H groups in total. The second-order valence-electron chi connectivity index (χ2n) is 5.96. The Morgan fingerprint density at radius 2 is 2.17 bits per heavy atom. The van der Waals surface area contributed by atoms with Gasteiger partial charge >= 0.3 is 0 Å². The van der Waals surface area contributed by atoms with Gasteiger partial charge in [-0.05, 0) is 31.4 Å². The van der Waals surface area contributed by atoms with Crippen LogP contribution >= 0.6 is 0 Å². The molecular weight excluding hydrogens is 292 g/mol. The van der Waals surface area contributed by atoms with E-state index in [0.717, 1.165) is 39.0 Å². The second kappa shape index (κ2) is 7.32. The van der Waals surface area contributed by atoms with Crippen molar-refractivity contribution in [1.82, 2.24) is 30.0 Å². The SMILES string of the molecule is Cc1cnn(CCN2CCC(NC(=O)c3ccncn3)CC2)c1. The number of aryl methyl sites for hydroxylation is 1. The van der Waals surface area contributed by atoms with Crippen LogP contribution in [0, 0.1) is 6.92 Å². The van der Waals surface area contributed by atoms with Crippen molar-refractivity contribution in [3.63, 3.8) is 0 Å². The molecule has 0 aliphatic carbocycles. The number of nitrogens with zero attached hydrogens (tertiary/aromatic N) is 5. The van der Waals surface area contributed by atoms with Crippen LogP contribution in [0.3, 0.4) is 0 Å². The Labute approximate surface area is 135 Å². The molecule has 1 amide bonds. The summed E-state index contributed by atoms with van der Waals surface area (Å²) >= 11 is 0. The number of nitrogens with one attached hydrogen (secondary N) is 1. The van der Waals surface area contributed by atoms with Crippen molar-refractivity contribution in [3.8, 4) is 0 Å². The predicted molar refractivity (Wildman–Crippen MR) is 85.9 cm³/mol. The van der Waals surface area contributed by atoms with E-state index in [1.165, 1.54) is 11.9 Å². The van der Waals surface area contributed by atoms with Crippen molar-refractivity contribution in [2.75, 3.05) is 19.6 Å². The molecule has 2 aromatic heterocycles. The summed E-state index contributed by atoms with van der Waals surface area (Å²) in [5.74, 6) is -0.113. The molecular formula is C16H22N6O. The third-order valence-electron chi connectivity index (χ3n) is 4.15. The van der Waals surface area contributed by atoms with Crippen molar-refractivity contribution in [2.45, 2.75) is 32.4 Å². The van der Waals surface area contributed by atoms with Crippen LogP contribution in [0.25, 0.3) is 0 Å². The van der Waals surface area contributed by atoms with Crippen LogP contribution in [0.2, 0.25) is 0 Å². The minimum Gasteiger partial charge on any atom is -0.348 e. The minimum atomic E-state index is -0.113. The van der Waals surface area contributed by atoms with Crippen LogP contribution in [0.4, 0.5) is 0 Å². The third-order valence-corrected chi connectivity index (χ3v) is 4.15. The normalized spacial score (nSPS) is 16.4. The lowest BCUT2D eigenvalue weighted by molar-refractivity contribution is 0.0904. The maximum atomic E-state index is 12.1. The lowest BCUT2D eigenvalue weighted by Crippen LogP contribution is -2.45. The first-order valence-electron chi connectivity index (χ1n) is 7.99. The maximum Gasteiger partial charge on any atom is 0.270 e.